The van der Waals surface area contributed by atoms with Gasteiger partial charge >= 0.3 is 0 Å². The SMILES string of the molecule is NC(=S)CN1CCN(C(=O)c2ccnnc2)CC1. The highest BCUT2D eigenvalue weighted by Crippen LogP contribution is 2.07. The molecule has 18 heavy (non-hydrogen) atoms. The Hall–Kier alpha value is -1.60. The topological polar surface area (TPSA) is 75.3 Å². The summed E-state index contributed by atoms with van der Waals surface area (Å²) in [6, 6.07) is 1.68. The highest BCUT2D eigenvalue weighted by atomic mass is 32.1. The predicted molar refractivity (Wildman–Crippen MR) is 71.2 cm³/mol. The normalized spacial score (nSPS) is 16.6. The average molecular weight is 265 g/mol. The van der Waals surface area contributed by atoms with Gasteiger partial charge in [-0.15, -0.1) is 0 Å². The molecule has 0 atom stereocenters. The van der Waals surface area contributed by atoms with Crippen molar-refractivity contribution in [1.82, 2.24) is 20.0 Å². The van der Waals surface area contributed by atoms with E-state index in [1.807, 2.05) is 4.90 Å². The van der Waals surface area contributed by atoms with Gasteiger partial charge in [0.05, 0.1) is 22.9 Å². The van der Waals surface area contributed by atoms with E-state index in [1.165, 1.54) is 12.4 Å². The molecule has 2 rings (SSSR count). The first-order chi connectivity index (χ1) is 8.66. The zero-order valence-corrected chi connectivity index (χ0v) is 10.8. The smallest absolute Gasteiger partial charge is 0.255 e. The van der Waals surface area contributed by atoms with Gasteiger partial charge in [0, 0.05) is 32.7 Å². The highest BCUT2D eigenvalue weighted by Gasteiger charge is 2.22. The molecule has 1 aliphatic rings. The number of thiocarbonyl (C=S) groups is 1. The maximum atomic E-state index is 12.1. The minimum Gasteiger partial charge on any atom is -0.392 e. The van der Waals surface area contributed by atoms with Gasteiger partial charge in [-0.3, -0.25) is 9.69 Å². The minimum atomic E-state index is -0.000116. The van der Waals surface area contributed by atoms with E-state index in [9.17, 15) is 4.79 Å². The maximum Gasteiger partial charge on any atom is 0.255 e. The maximum absolute atomic E-state index is 12.1. The van der Waals surface area contributed by atoms with Gasteiger partial charge in [-0.05, 0) is 6.07 Å². The molecular formula is C11H15N5OS. The molecule has 7 heteroatoms. The second kappa shape index (κ2) is 5.83. The number of nitrogens with two attached hydrogens (primary N) is 1. The van der Waals surface area contributed by atoms with Crippen LogP contribution in [-0.2, 0) is 0 Å². The average Bonchev–Trinajstić information content (AvgIpc) is 2.39. The second-order valence-corrected chi connectivity index (χ2v) is 4.69. The third kappa shape index (κ3) is 3.21. The van der Waals surface area contributed by atoms with Gasteiger partial charge in [-0.25, -0.2) is 0 Å². The third-order valence-corrected chi connectivity index (χ3v) is 3.00. The van der Waals surface area contributed by atoms with Crippen LogP contribution in [0.15, 0.2) is 18.5 Å². The Balaban J connectivity index is 1.90. The van der Waals surface area contributed by atoms with Crippen molar-refractivity contribution >= 4 is 23.1 Å². The number of piperazine rings is 1. The van der Waals surface area contributed by atoms with Gasteiger partial charge in [0.2, 0.25) is 0 Å². The van der Waals surface area contributed by atoms with Gasteiger partial charge in [0.1, 0.15) is 0 Å². The number of hydrogen-bond acceptors (Lipinski definition) is 5. The van der Waals surface area contributed by atoms with E-state index in [-0.39, 0.29) is 5.91 Å². The lowest BCUT2D eigenvalue weighted by Gasteiger charge is -2.34. The van der Waals surface area contributed by atoms with Crippen molar-refractivity contribution in [3.05, 3.63) is 24.0 Å². The molecular weight excluding hydrogens is 250 g/mol. The lowest BCUT2D eigenvalue weighted by molar-refractivity contribution is 0.0654. The van der Waals surface area contributed by atoms with Crippen LogP contribution < -0.4 is 5.73 Å². The van der Waals surface area contributed by atoms with Crippen LogP contribution in [0.1, 0.15) is 10.4 Å². The van der Waals surface area contributed by atoms with Crippen molar-refractivity contribution in [3.63, 3.8) is 0 Å². The van der Waals surface area contributed by atoms with Crippen molar-refractivity contribution in [2.24, 2.45) is 5.73 Å². The summed E-state index contributed by atoms with van der Waals surface area (Å²) in [5.41, 5.74) is 6.08. The molecule has 1 aromatic heterocycles. The van der Waals surface area contributed by atoms with Crippen LogP contribution in [0, 0.1) is 0 Å². The molecule has 6 nitrogen and oxygen atoms in total. The summed E-state index contributed by atoms with van der Waals surface area (Å²) in [6.07, 6.45) is 3.01. The van der Waals surface area contributed by atoms with E-state index in [1.54, 1.807) is 6.07 Å². The van der Waals surface area contributed by atoms with Crippen LogP contribution in [-0.4, -0.2) is 63.6 Å². The number of hydrogen-bond donors (Lipinski definition) is 1. The molecule has 0 radical (unpaired) electrons. The summed E-state index contributed by atoms with van der Waals surface area (Å²) < 4.78 is 0. The fourth-order valence-electron chi connectivity index (χ4n) is 1.93. The highest BCUT2D eigenvalue weighted by molar-refractivity contribution is 7.80. The van der Waals surface area contributed by atoms with E-state index in [0.29, 0.717) is 30.2 Å². The van der Waals surface area contributed by atoms with Gasteiger partial charge in [0.25, 0.3) is 5.91 Å². The van der Waals surface area contributed by atoms with Crippen LogP contribution in [0.3, 0.4) is 0 Å². The Labute approximate surface area is 111 Å². The van der Waals surface area contributed by atoms with E-state index in [2.05, 4.69) is 15.1 Å². The molecule has 2 heterocycles. The van der Waals surface area contributed by atoms with Gasteiger partial charge in [-0.1, -0.05) is 12.2 Å². The summed E-state index contributed by atoms with van der Waals surface area (Å²) in [4.78, 5) is 16.6. The van der Waals surface area contributed by atoms with Gasteiger partial charge in [-0.2, -0.15) is 10.2 Å². The summed E-state index contributed by atoms with van der Waals surface area (Å²) in [7, 11) is 0. The second-order valence-electron chi connectivity index (χ2n) is 4.17. The summed E-state index contributed by atoms with van der Waals surface area (Å²) in [5.74, 6) is -0.000116. The number of amides is 1. The minimum absolute atomic E-state index is 0.000116. The fourth-order valence-corrected chi connectivity index (χ4v) is 2.11. The third-order valence-electron chi connectivity index (χ3n) is 2.87. The summed E-state index contributed by atoms with van der Waals surface area (Å²) in [5, 5.41) is 7.37. The molecule has 1 aromatic rings. The van der Waals surface area contributed by atoms with Crippen molar-refractivity contribution in [1.29, 1.82) is 0 Å². The standard InChI is InChI=1S/C11H15N5OS/c12-10(18)8-15-3-5-16(6-4-15)11(17)9-1-2-13-14-7-9/h1-2,7H,3-6,8H2,(H2,12,18). The zero-order chi connectivity index (χ0) is 13.0. The summed E-state index contributed by atoms with van der Waals surface area (Å²) in [6.45, 7) is 3.57. The Bertz CT molecular complexity index is 430. The zero-order valence-electron chi connectivity index (χ0n) is 9.95. The van der Waals surface area contributed by atoms with Crippen molar-refractivity contribution in [2.75, 3.05) is 32.7 Å². The summed E-state index contributed by atoms with van der Waals surface area (Å²) >= 11 is 4.87. The number of carbonyl (C=O) groups excluding carboxylic acids is 1. The Morgan fingerprint density at radius 3 is 2.61 bits per heavy atom. The lowest BCUT2D eigenvalue weighted by atomic mass is 10.2. The molecule has 0 saturated carbocycles. The first-order valence-electron chi connectivity index (χ1n) is 5.73. The molecule has 0 aromatic carbocycles. The first kappa shape index (κ1) is 12.8. The van der Waals surface area contributed by atoms with Crippen LogP contribution in [0.2, 0.25) is 0 Å². The van der Waals surface area contributed by atoms with E-state index >= 15 is 0 Å². The van der Waals surface area contributed by atoms with Crippen LogP contribution in [0.25, 0.3) is 0 Å². The Morgan fingerprint density at radius 1 is 1.33 bits per heavy atom. The number of nitrogens with zero attached hydrogens (tertiary/aromatic N) is 4. The van der Waals surface area contributed by atoms with E-state index in [4.69, 9.17) is 18.0 Å². The fraction of sp³-hybridized carbons (Fsp3) is 0.455. The molecule has 1 fully saturated rings. The van der Waals surface area contributed by atoms with E-state index in [0.717, 1.165) is 13.1 Å². The quantitative estimate of drug-likeness (QED) is 0.744. The molecule has 0 aliphatic carbocycles. The van der Waals surface area contributed by atoms with Gasteiger partial charge in [0.15, 0.2) is 0 Å². The Morgan fingerprint density at radius 2 is 2.06 bits per heavy atom. The van der Waals surface area contributed by atoms with Crippen LogP contribution in [0.4, 0.5) is 0 Å². The number of aromatic nitrogens is 2. The number of carbonyl (C=O) groups is 1. The molecule has 1 aliphatic heterocycles. The molecule has 1 amide bonds. The molecule has 0 unspecified atom stereocenters. The van der Waals surface area contributed by atoms with Crippen molar-refractivity contribution < 1.29 is 4.79 Å². The molecule has 0 bridgehead atoms. The van der Waals surface area contributed by atoms with Crippen LogP contribution >= 0.6 is 12.2 Å². The van der Waals surface area contributed by atoms with Crippen LogP contribution in [0.5, 0.6) is 0 Å². The molecule has 0 spiro atoms. The largest absolute Gasteiger partial charge is 0.392 e. The number of rotatable bonds is 3. The lowest BCUT2D eigenvalue weighted by Crippen LogP contribution is -2.50. The van der Waals surface area contributed by atoms with E-state index < -0.39 is 0 Å². The first-order valence-corrected chi connectivity index (χ1v) is 6.14. The van der Waals surface area contributed by atoms with Crippen molar-refractivity contribution in [3.8, 4) is 0 Å². The predicted octanol–water partition coefficient (Wildman–Crippen LogP) is -0.480. The van der Waals surface area contributed by atoms with Crippen molar-refractivity contribution in [2.45, 2.75) is 0 Å². The molecule has 2 N–H and O–H groups in total. The Kier molecular flexibility index (Phi) is 4.16. The van der Waals surface area contributed by atoms with Gasteiger partial charge < -0.3 is 10.6 Å². The monoisotopic (exact) mass is 265 g/mol. The molecule has 1 saturated heterocycles. The molecule has 96 valence electrons.